The third-order valence-electron chi connectivity index (χ3n) is 4.85. The molecule has 5 nitrogen and oxygen atoms in total. The maximum absolute atomic E-state index is 12.3. The molecule has 0 aliphatic carbocycles. The van der Waals surface area contributed by atoms with Gasteiger partial charge in [-0.05, 0) is 43.9 Å². The second kappa shape index (κ2) is 10.2. The van der Waals surface area contributed by atoms with E-state index in [2.05, 4.69) is 39.9 Å². The number of nitrogens with one attached hydrogen (secondary N) is 2. The summed E-state index contributed by atoms with van der Waals surface area (Å²) < 4.78 is 0. The fourth-order valence-electron chi connectivity index (χ4n) is 3.21. The highest BCUT2D eigenvalue weighted by molar-refractivity contribution is 7.10. The van der Waals surface area contributed by atoms with Crippen LogP contribution in [0, 0.1) is 6.92 Å². The Morgan fingerprint density at radius 1 is 1.10 bits per heavy atom. The van der Waals surface area contributed by atoms with Crippen molar-refractivity contribution in [1.82, 2.24) is 10.3 Å². The van der Waals surface area contributed by atoms with Gasteiger partial charge in [0.2, 0.25) is 11.8 Å². The molecule has 2 amide bonds. The quantitative estimate of drug-likeness (QED) is 0.551. The van der Waals surface area contributed by atoms with E-state index in [9.17, 15) is 9.59 Å². The maximum atomic E-state index is 12.3. The molecule has 0 unspecified atom stereocenters. The number of para-hydroxylation sites is 1. The van der Waals surface area contributed by atoms with Crippen LogP contribution >= 0.6 is 11.3 Å². The Labute approximate surface area is 181 Å². The average Bonchev–Trinajstić information content (AvgIpc) is 3.16. The van der Waals surface area contributed by atoms with E-state index in [-0.39, 0.29) is 24.3 Å². The lowest BCUT2D eigenvalue weighted by Crippen LogP contribution is -2.30. The Bertz CT molecular complexity index is 1010. The molecule has 0 aliphatic heterocycles. The lowest BCUT2D eigenvalue weighted by atomic mass is 10.0. The summed E-state index contributed by atoms with van der Waals surface area (Å²) in [5, 5.41) is 8.64. The van der Waals surface area contributed by atoms with Gasteiger partial charge in [0.05, 0.1) is 12.1 Å². The molecule has 0 aliphatic rings. The van der Waals surface area contributed by atoms with Crippen molar-refractivity contribution in [3.05, 3.63) is 70.0 Å². The number of carbonyl (C=O) groups is 2. The van der Waals surface area contributed by atoms with Gasteiger partial charge in [0, 0.05) is 29.6 Å². The summed E-state index contributed by atoms with van der Waals surface area (Å²) in [4.78, 5) is 28.1. The topological polar surface area (TPSA) is 71.1 Å². The molecule has 6 heteroatoms. The SMILES string of the molecule is CC(=O)N[C@H](C)CCc1ccc(-c2csc(CC(=O)Nc3ccccc3C)n2)cc1. The second-order valence-corrected chi connectivity index (χ2v) is 8.45. The summed E-state index contributed by atoms with van der Waals surface area (Å²) in [5.74, 6) is -0.0568. The first-order valence-electron chi connectivity index (χ1n) is 10.1. The highest BCUT2D eigenvalue weighted by Gasteiger charge is 2.11. The van der Waals surface area contributed by atoms with Gasteiger partial charge in [0.25, 0.3) is 0 Å². The Morgan fingerprint density at radius 2 is 1.83 bits per heavy atom. The molecule has 2 N–H and O–H groups in total. The van der Waals surface area contributed by atoms with Crippen LogP contribution in [0.15, 0.2) is 53.9 Å². The molecule has 1 heterocycles. The second-order valence-electron chi connectivity index (χ2n) is 7.50. The Kier molecular flexibility index (Phi) is 7.36. The molecule has 0 fully saturated rings. The fourth-order valence-corrected chi connectivity index (χ4v) is 4.02. The van der Waals surface area contributed by atoms with Gasteiger partial charge >= 0.3 is 0 Å². The van der Waals surface area contributed by atoms with E-state index in [4.69, 9.17) is 0 Å². The standard InChI is InChI=1S/C24H27N3O2S/c1-16-6-4-5-7-21(16)26-23(29)14-24-27-22(15-30-24)20-12-10-19(11-13-20)9-8-17(2)25-18(3)28/h4-7,10-13,15,17H,8-9,14H2,1-3H3,(H,25,28)(H,26,29)/t17-/m1/s1. The van der Waals surface area contributed by atoms with Crippen LogP contribution in [0.1, 0.15) is 36.4 Å². The predicted octanol–water partition coefficient (Wildman–Crippen LogP) is 4.76. The van der Waals surface area contributed by atoms with Crippen molar-refractivity contribution in [3.8, 4) is 11.3 Å². The summed E-state index contributed by atoms with van der Waals surface area (Å²) in [7, 11) is 0. The predicted molar refractivity (Wildman–Crippen MR) is 123 cm³/mol. The van der Waals surface area contributed by atoms with Crippen molar-refractivity contribution >= 4 is 28.8 Å². The first-order chi connectivity index (χ1) is 14.4. The molecule has 1 aromatic heterocycles. The monoisotopic (exact) mass is 421 g/mol. The average molecular weight is 422 g/mol. The molecule has 0 bridgehead atoms. The molecule has 2 aromatic carbocycles. The van der Waals surface area contributed by atoms with Crippen LogP contribution in [0.5, 0.6) is 0 Å². The molecular formula is C24H27N3O2S. The first-order valence-corrected chi connectivity index (χ1v) is 10.9. The van der Waals surface area contributed by atoms with Crippen LogP contribution in [-0.4, -0.2) is 22.8 Å². The van der Waals surface area contributed by atoms with E-state index in [1.54, 1.807) is 6.92 Å². The van der Waals surface area contributed by atoms with Crippen LogP contribution in [0.25, 0.3) is 11.3 Å². The maximum Gasteiger partial charge on any atom is 0.231 e. The zero-order valence-electron chi connectivity index (χ0n) is 17.6. The number of hydrogen-bond donors (Lipinski definition) is 2. The zero-order chi connectivity index (χ0) is 21.5. The summed E-state index contributed by atoms with van der Waals surface area (Å²) in [5.41, 5.74) is 5.02. The Hall–Kier alpha value is -2.99. The third kappa shape index (κ3) is 6.26. The lowest BCUT2D eigenvalue weighted by molar-refractivity contribution is -0.119. The summed E-state index contributed by atoms with van der Waals surface area (Å²) in [6.07, 6.45) is 2.07. The molecule has 0 spiro atoms. The van der Waals surface area contributed by atoms with E-state index in [0.29, 0.717) is 0 Å². The molecule has 0 saturated heterocycles. The van der Waals surface area contributed by atoms with Gasteiger partial charge in [0.1, 0.15) is 5.01 Å². The van der Waals surface area contributed by atoms with Crippen molar-refractivity contribution in [3.63, 3.8) is 0 Å². The first kappa shape index (κ1) is 21.7. The molecule has 30 heavy (non-hydrogen) atoms. The van der Waals surface area contributed by atoms with Crippen LogP contribution < -0.4 is 10.6 Å². The smallest absolute Gasteiger partial charge is 0.231 e. The molecule has 0 saturated carbocycles. The van der Waals surface area contributed by atoms with E-state index < -0.39 is 0 Å². The number of aromatic nitrogens is 1. The van der Waals surface area contributed by atoms with Gasteiger partial charge in [-0.25, -0.2) is 4.98 Å². The Morgan fingerprint density at radius 3 is 2.53 bits per heavy atom. The van der Waals surface area contributed by atoms with Gasteiger partial charge in [-0.1, -0.05) is 42.5 Å². The number of amides is 2. The highest BCUT2D eigenvalue weighted by Crippen LogP contribution is 2.23. The number of nitrogens with zero attached hydrogens (tertiary/aromatic N) is 1. The van der Waals surface area contributed by atoms with Gasteiger partial charge in [-0.3, -0.25) is 9.59 Å². The highest BCUT2D eigenvalue weighted by atomic mass is 32.1. The van der Waals surface area contributed by atoms with E-state index in [1.165, 1.54) is 16.9 Å². The summed E-state index contributed by atoms with van der Waals surface area (Å²) in [6, 6.07) is 16.2. The molecular weight excluding hydrogens is 394 g/mol. The van der Waals surface area contributed by atoms with Crippen molar-refractivity contribution in [2.75, 3.05) is 5.32 Å². The molecule has 156 valence electrons. The molecule has 3 rings (SSSR count). The summed E-state index contributed by atoms with van der Waals surface area (Å²) in [6.45, 7) is 5.53. The minimum Gasteiger partial charge on any atom is -0.354 e. The van der Waals surface area contributed by atoms with Crippen molar-refractivity contribution < 1.29 is 9.59 Å². The van der Waals surface area contributed by atoms with Gasteiger partial charge in [0.15, 0.2) is 0 Å². The normalized spacial score (nSPS) is 11.7. The number of carbonyl (C=O) groups excluding carboxylic acids is 2. The molecule has 0 radical (unpaired) electrons. The number of thiazole rings is 1. The molecule has 1 atom stereocenters. The van der Waals surface area contributed by atoms with Crippen molar-refractivity contribution in [2.24, 2.45) is 0 Å². The number of rotatable bonds is 8. The fraction of sp³-hybridized carbons (Fsp3) is 0.292. The van der Waals surface area contributed by atoms with E-state index in [1.807, 2.05) is 43.5 Å². The van der Waals surface area contributed by atoms with Crippen LogP contribution in [-0.2, 0) is 22.4 Å². The lowest BCUT2D eigenvalue weighted by Gasteiger charge is -2.12. The van der Waals surface area contributed by atoms with Gasteiger partial charge in [-0.15, -0.1) is 11.3 Å². The number of anilines is 1. The van der Waals surface area contributed by atoms with Crippen LogP contribution in [0.2, 0.25) is 0 Å². The summed E-state index contributed by atoms with van der Waals surface area (Å²) >= 11 is 1.50. The van der Waals surface area contributed by atoms with Crippen molar-refractivity contribution in [2.45, 2.75) is 46.1 Å². The largest absolute Gasteiger partial charge is 0.354 e. The number of hydrogen-bond acceptors (Lipinski definition) is 4. The van der Waals surface area contributed by atoms with Gasteiger partial charge in [-0.2, -0.15) is 0 Å². The minimum absolute atomic E-state index is 0.00442. The number of benzene rings is 2. The van der Waals surface area contributed by atoms with Gasteiger partial charge < -0.3 is 10.6 Å². The van der Waals surface area contributed by atoms with Crippen LogP contribution in [0.3, 0.4) is 0 Å². The van der Waals surface area contributed by atoms with E-state index in [0.717, 1.165) is 40.4 Å². The van der Waals surface area contributed by atoms with Crippen LogP contribution in [0.4, 0.5) is 5.69 Å². The molecule has 3 aromatic rings. The Balaban J connectivity index is 1.56. The number of aryl methyl sites for hydroxylation is 2. The van der Waals surface area contributed by atoms with E-state index >= 15 is 0 Å². The zero-order valence-corrected chi connectivity index (χ0v) is 18.4. The minimum atomic E-state index is -0.0613. The van der Waals surface area contributed by atoms with Crippen molar-refractivity contribution in [1.29, 1.82) is 0 Å². The third-order valence-corrected chi connectivity index (χ3v) is 5.70.